The van der Waals surface area contributed by atoms with Gasteiger partial charge in [0.25, 0.3) is 0 Å². The van der Waals surface area contributed by atoms with Gasteiger partial charge in [-0.05, 0) is 77.7 Å². The first-order valence-corrected chi connectivity index (χ1v) is 18.5. The Morgan fingerprint density at radius 2 is 1.06 bits per heavy atom. The smallest absolute Gasteiger partial charge is 0.0542 e. The molecule has 51 heavy (non-hydrogen) atoms. The third-order valence-corrected chi connectivity index (χ3v) is 12.1. The van der Waals surface area contributed by atoms with Gasteiger partial charge in [0.1, 0.15) is 0 Å². The Labute approximate surface area is 299 Å². The number of fused-ring (bicyclic) bond motifs is 9. The molecule has 0 spiro atoms. The number of nitrogens with zero attached hydrogens (tertiary/aromatic N) is 2. The van der Waals surface area contributed by atoms with Crippen LogP contribution in [-0.2, 0) is 0 Å². The zero-order valence-corrected chi connectivity index (χ0v) is 28.6. The molecule has 3 aromatic heterocycles. The zero-order chi connectivity index (χ0) is 33.5. The van der Waals surface area contributed by atoms with Gasteiger partial charge in [0.2, 0.25) is 0 Å². The molecule has 0 amide bonds. The van der Waals surface area contributed by atoms with E-state index in [4.69, 9.17) is 0 Å². The summed E-state index contributed by atoms with van der Waals surface area (Å²) >= 11 is 1.90. The van der Waals surface area contributed by atoms with Gasteiger partial charge < -0.3 is 9.13 Å². The summed E-state index contributed by atoms with van der Waals surface area (Å²) in [6, 6.07) is 58.1. The molecular weight excluding hydrogens is 637 g/mol. The van der Waals surface area contributed by atoms with Crippen molar-refractivity contribution in [2.75, 3.05) is 0 Å². The first kappa shape index (κ1) is 28.7. The van der Waals surface area contributed by atoms with E-state index in [1.165, 1.54) is 91.9 Å². The maximum absolute atomic E-state index is 2.49. The molecule has 0 saturated carbocycles. The fourth-order valence-electron chi connectivity index (χ4n) is 8.54. The Hall–Kier alpha value is -6.16. The van der Waals surface area contributed by atoms with Gasteiger partial charge in [-0.3, -0.25) is 0 Å². The van der Waals surface area contributed by atoms with Gasteiger partial charge in [0, 0.05) is 59.0 Å². The molecular formula is C48H32N2S. The van der Waals surface area contributed by atoms with Crippen molar-refractivity contribution in [3.63, 3.8) is 0 Å². The molecule has 0 fully saturated rings. The average molecular weight is 669 g/mol. The summed E-state index contributed by atoms with van der Waals surface area (Å²) in [6.45, 7) is 0. The molecule has 3 heteroatoms. The third kappa shape index (κ3) is 4.35. The number of hydrogen-bond acceptors (Lipinski definition) is 1. The predicted octanol–water partition coefficient (Wildman–Crippen LogP) is 13.4. The van der Waals surface area contributed by atoms with Crippen molar-refractivity contribution in [3.8, 4) is 11.4 Å². The molecule has 1 aliphatic carbocycles. The summed E-state index contributed by atoms with van der Waals surface area (Å²) in [5.41, 5.74) is 11.2. The Morgan fingerprint density at radius 1 is 0.471 bits per heavy atom. The van der Waals surface area contributed by atoms with E-state index in [9.17, 15) is 0 Å². The lowest BCUT2D eigenvalue weighted by Crippen LogP contribution is -2.02. The molecule has 2 nitrogen and oxygen atoms in total. The largest absolute Gasteiger partial charge is 0.309 e. The molecule has 240 valence electrons. The molecule has 1 unspecified atom stereocenters. The highest BCUT2D eigenvalue weighted by molar-refractivity contribution is 7.26. The first-order valence-electron chi connectivity index (χ1n) is 17.7. The van der Waals surface area contributed by atoms with E-state index in [0.717, 1.165) is 6.42 Å². The van der Waals surface area contributed by atoms with Gasteiger partial charge in [-0.1, -0.05) is 121 Å². The van der Waals surface area contributed by atoms with Gasteiger partial charge in [-0.2, -0.15) is 0 Å². The summed E-state index contributed by atoms with van der Waals surface area (Å²) in [7, 11) is 0. The molecule has 0 saturated heterocycles. The van der Waals surface area contributed by atoms with Gasteiger partial charge >= 0.3 is 0 Å². The van der Waals surface area contributed by atoms with Crippen LogP contribution in [0.5, 0.6) is 0 Å². The molecule has 0 N–H and O–H groups in total. The van der Waals surface area contributed by atoms with Crippen molar-refractivity contribution in [2.45, 2.75) is 12.3 Å². The number of benzene rings is 7. The first-order chi connectivity index (χ1) is 25.3. The Balaban J connectivity index is 1.04. The fraction of sp³-hybridized carbons (Fsp3) is 0.0417. The number of hydrogen-bond donors (Lipinski definition) is 0. The van der Waals surface area contributed by atoms with E-state index < -0.39 is 0 Å². The van der Waals surface area contributed by atoms with E-state index in [0.29, 0.717) is 5.92 Å². The zero-order valence-electron chi connectivity index (χ0n) is 27.8. The van der Waals surface area contributed by atoms with Crippen LogP contribution in [0.25, 0.3) is 80.7 Å². The molecule has 7 aromatic carbocycles. The second-order valence-electron chi connectivity index (χ2n) is 13.7. The number of rotatable bonds is 4. The molecule has 0 aliphatic heterocycles. The minimum Gasteiger partial charge on any atom is -0.309 e. The van der Waals surface area contributed by atoms with Crippen LogP contribution in [-0.4, -0.2) is 9.13 Å². The number of aromatic nitrogens is 2. The topological polar surface area (TPSA) is 9.86 Å². The monoisotopic (exact) mass is 668 g/mol. The van der Waals surface area contributed by atoms with Crippen LogP contribution in [0.15, 0.2) is 176 Å². The molecule has 0 radical (unpaired) electrons. The lowest BCUT2D eigenvalue weighted by molar-refractivity contribution is 0.855. The van der Waals surface area contributed by atoms with Crippen molar-refractivity contribution in [3.05, 3.63) is 187 Å². The van der Waals surface area contributed by atoms with E-state index in [1.807, 2.05) is 11.3 Å². The highest BCUT2D eigenvalue weighted by Crippen LogP contribution is 2.42. The maximum Gasteiger partial charge on any atom is 0.0542 e. The van der Waals surface area contributed by atoms with Crippen molar-refractivity contribution in [1.82, 2.24) is 9.13 Å². The van der Waals surface area contributed by atoms with Crippen molar-refractivity contribution < 1.29 is 0 Å². The fourth-order valence-corrected chi connectivity index (χ4v) is 9.78. The lowest BCUT2D eigenvalue weighted by Gasteiger charge is -2.19. The highest BCUT2D eigenvalue weighted by Gasteiger charge is 2.19. The lowest BCUT2D eigenvalue weighted by atomic mass is 9.87. The van der Waals surface area contributed by atoms with Crippen LogP contribution in [0.3, 0.4) is 0 Å². The molecule has 1 aliphatic rings. The van der Waals surface area contributed by atoms with Gasteiger partial charge in [-0.25, -0.2) is 0 Å². The van der Waals surface area contributed by atoms with Crippen molar-refractivity contribution in [1.29, 1.82) is 0 Å². The van der Waals surface area contributed by atoms with Crippen LogP contribution >= 0.6 is 11.3 Å². The van der Waals surface area contributed by atoms with E-state index >= 15 is 0 Å². The summed E-state index contributed by atoms with van der Waals surface area (Å²) in [4.78, 5) is 0. The van der Waals surface area contributed by atoms with Crippen molar-refractivity contribution >= 4 is 80.7 Å². The van der Waals surface area contributed by atoms with Crippen LogP contribution in [0.4, 0.5) is 0 Å². The second-order valence-corrected chi connectivity index (χ2v) is 14.7. The van der Waals surface area contributed by atoms with Gasteiger partial charge in [0.15, 0.2) is 0 Å². The normalized spacial score (nSPS) is 14.8. The Kier molecular flexibility index (Phi) is 6.28. The van der Waals surface area contributed by atoms with E-state index in [1.54, 1.807) is 0 Å². The SMILES string of the molecule is C1=CC(c2cccc3c2sc2ccccc23)=CC(c2cccc(-n3c4ccccc4c4cc(-n5c6ccccc6c6ccccc65)ccc43)c2)C1. The molecule has 3 heterocycles. The molecule has 10 aromatic rings. The molecule has 11 rings (SSSR count). The molecule has 1 atom stereocenters. The maximum atomic E-state index is 2.49. The van der Waals surface area contributed by atoms with Crippen LogP contribution in [0, 0.1) is 0 Å². The van der Waals surface area contributed by atoms with E-state index in [-0.39, 0.29) is 0 Å². The average Bonchev–Trinajstić information content (AvgIpc) is 3.86. The summed E-state index contributed by atoms with van der Waals surface area (Å²) in [5.74, 6) is 0.296. The van der Waals surface area contributed by atoms with Crippen LogP contribution in [0.1, 0.15) is 23.5 Å². The molecule has 0 bridgehead atoms. The summed E-state index contributed by atoms with van der Waals surface area (Å²) in [6.07, 6.45) is 8.16. The minimum atomic E-state index is 0.296. The van der Waals surface area contributed by atoms with E-state index in [2.05, 4.69) is 185 Å². The standard InChI is InChI=1S/C48H32N2S/c1-5-22-43-37(16-1)38-17-2-6-23-44(38)50(43)35-26-27-46-42(30-35)39-18-3-7-24-45(39)49(46)34-15-10-13-32(29-34)31-12-9-14-33(28-31)36-20-11-21-41-40-19-4-8-25-47(40)51-48(36)41/h1-11,13-31H,12H2. The highest BCUT2D eigenvalue weighted by atomic mass is 32.1. The second kappa shape index (κ2) is 11.2. The number of allylic oxidation sites excluding steroid dienone is 4. The summed E-state index contributed by atoms with van der Waals surface area (Å²) < 4.78 is 7.58. The Bertz CT molecular complexity index is 3020. The Morgan fingerprint density at radius 3 is 1.80 bits per heavy atom. The van der Waals surface area contributed by atoms with Gasteiger partial charge in [-0.15, -0.1) is 11.3 Å². The number of thiophene rings is 1. The number of para-hydroxylation sites is 3. The third-order valence-electron chi connectivity index (χ3n) is 10.8. The van der Waals surface area contributed by atoms with Crippen LogP contribution < -0.4 is 0 Å². The quantitative estimate of drug-likeness (QED) is 0.177. The predicted molar refractivity (Wildman–Crippen MR) is 219 cm³/mol. The van der Waals surface area contributed by atoms with Crippen LogP contribution in [0.2, 0.25) is 0 Å². The van der Waals surface area contributed by atoms with Gasteiger partial charge in [0.05, 0.1) is 22.1 Å². The minimum absolute atomic E-state index is 0.296. The van der Waals surface area contributed by atoms with Crippen molar-refractivity contribution in [2.24, 2.45) is 0 Å². The summed E-state index contributed by atoms with van der Waals surface area (Å²) in [5, 5.41) is 7.77.